The number of nitrogens with two attached hydrogens (primary N) is 1. The van der Waals surface area contributed by atoms with Gasteiger partial charge in [0.2, 0.25) is 0 Å². The molecular formula is C19H16N4O3. The van der Waals surface area contributed by atoms with Crippen molar-refractivity contribution in [2.45, 2.75) is 19.3 Å². The Labute approximate surface area is 149 Å². The van der Waals surface area contributed by atoms with Gasteiger partial charge in [0.25, 0.3) is 0 Å². The zero-order chi connectivity index (χ0) is 18.4. The monoisotopic (exact) mass is 348 g/mol. The zero-order valence-corrected chi connectivity index (χ0v) is 14.1. The van der Waals surface area contributed by atoms with E-state index in [4.69, 9.17) is 10.5 Å². The summed E-state index contributed by atoms with van der Waals surface area (Å²) in [4.78, 5) is 27.5. The fraction of sp³-hybridized carbons (Fsp3) is 0.211. The molecule has 0 saturated heterocycles. The lowest BCUT2D eigenvalue weighted by Crippen LogP contribution is -2.11. The Balaban J connectivity index is 1.92. The summed E-state index contributed by atoms with van der Waals surface area (Å²) >= 11 is 0. The number of methoxy groups -OCH3 is 1. The molecule has 0 saturated carbocycles. The fourth-order valence-electron chi connectivity index (χ4n) is 3.56. The number of nitrogens with zero attached hydrogens (tertiary/aromatic N) is 2. The third-order valence-corrected chi connectivity index (χ3v) is 4.82. The summed E-state index contributed by atoms with van der Waals surface area (Å²) in [5.74, 6) is -0.499. The average Bonchev–Trinajstić information content (AvgIpc) is 3.19. The smallest absolute Gasteiger partial charge is 0.357 e. The van der Waals surface area contributed by atoms with Crippen LogP contribution in [0.15, 0.2) is 24.4 Å². The van der Waals surface area contributed by atoms with Crippen molar-refractivity contribution in [2.24, 2.45) is 0 Å². The number of aromatic amines is 1. The van der Waals surface area contributed by atoms with Crippen LogP contribution in [0.1, 0.15) is 44.9 Å². The van der Waals surface area contributed by atoms with Crippen molar-refractivity contribution >= 4 is 28.3 Å². The van der Waals surface area contributed by atoms with Crippen molar-refractivity contribution in [3.05, 3.63) is 46.9 Å². The number of carbonyl (C=O) groups excluding carboxylic acids is 2. The van der Waals surface area contributed by atoms with Crippen LogP contribution in [0.5, 0.6) is 0 Å². The molecule has 1 aromatic carbocycles. The summed E-state index contributed by atoms with van der Waals surface area (Å²) in [6.45, 7) is 0. The van der Waals surface area contributed by atoms with Gasteiger partial charge in [0, 0.05) is 29.2 Å². The molecule has 0 fully saturated rings. The van der Waals surface area contributed by atoms with E-state index in [1.165, 1.54) is 13.3 Å². The number of hydrogen-bond acceptors (Lipinski definition) is 5. The molecule has 2 aromatic heterocycles. The highest BCUT2D eigenvalue weighted by Crippen LogP contribution is 2.32. The minimum Gasteiger partial charge on any atom is -0.464 e. The summed E-state index contributed by atoms with van der Waals surface area (Å²) in [7, 11) is 1.26. The predicted molar refractivity (Wildman–Crippen MR) is 95.4 cm³/mol. The molecule has 3 N–H and O–H groups in total. The topological polar surface area (TPSA) is 114 Å². The normalized spacial score (nSPS) is 13.5. The van der Waals surface area contributed by atoms with E-state index in [2.05, 4.69) is 4.98 Å². The number of ether oxygens (including phenoxy) is 1. The van der Waals surface area contributed by atoms with Crippen molar-refractivity contribution in [3.8, 4) is 11.8 Å². The minimum absolute atomic E-state index is 0.0837. The Morgan fingerprint density at radius 3 is 2.92 bits per heavy atom. The van der Waals surface area contributed by atoms with Crippen LogP contribution in [0.4, 0.5) is 5.69 Å². The number of ketones is 1. The van der Waals surface area contributed by atoms with Crippen LogP contribution >= 0.6 is 0 Å². The molecule has 0 aliphatic heterocycles. The van der Waals surface area contributed by atoms with E-state index in [1.54, 1.807) is 4.57 Å². The number of nitriles is 1. The molecule has 1 aliphatic carbocycles. The Hall–Kier alpha value is -3.53. The number of H-pyrrole nitrogens is 1. The van der Waals surface area contributed by atoms with Gasteiger partial charge < -0.3 is 20.0 Å². The summed E-state index contributed by atoms with van der Waals surface area (Å²) in [6.07, 6.45) is 3.78. The van der Waals surface area contributed by atoms with Crippen LogP contribution in [-0.4, -0.2) is 28.4 Å². The number of fused-ring (bicyclic) bond motifs is 3. The van der Waals surface area contributed by atoms with Gasteiger partial charge in [0.1, 0.15) is 6.07 Å². The molecule has 26 heavy (non-hydrogen) atoms. The lowest BCUT2D eigenvalue weighted by Gasteiger charge is -2.10. The molecule has 1 aliphatic rings. The minimum atomic E-state index is -0.620. The number of hydrogen-bond donors (Lipinski definition) is 2. The lowest BCUT2D eigenvalue weighted by molar-refractivity contribution is 0.0593. The number of nitrogen functional groups attached to an aromatic ring is 1. The second-order valence-electron chi connectivity index (χ2n) is 6.26. The van der Waals surface area contributed by atoms with Gasteiger partial charge in [0.05, 0.1) is 24.1 Å². The van der Waals surface area contributed by atoms with Crippen molar-refractivity contribution in [2.75, 3.05) is 12.8 Å². The summed E-state index contributed by atoms with van der Waals surface area (Å²) in [6, 6.07) is 7.58. The van der Waals surface area contributed by atoms with Gasteiger partial charge >= 0.3 is 5.97 Å². The molecule has 2 heterocycles. The Kier molecular flexibility index (Phi) is 3.55. The highest BCUT2D eigenvalue weighted by Gasteiger charge is 2.24. The quantitative estimate of drug-likeness (QED) is 0.691. The average molecular weight is 348 g/mol. The zero-order valence-electron chi connectivity index (χ0n) is 14.1. The fourth-order valence-corrected chi connectivity index (χ4v) is 3.56. The molecule has 0 unspecified atom stereocenters. The van der Waals surface area contributed by atoms with Crippen LogP contribution in [-0.2, 0) is 11.2 Å². The van der Waals surface area contributed by atoms with E-state index in [0.717, 1.165) is 29.3 Å². The summed E-state index contributed by atoms with van der Waals surface area (Å²) in [5, 5.41) is 10.2. The second kappa shape index (κ2) is 5.77. The molecule has 0 spiro atoms. The number of aromatic nitrogens is 2. The van der Waals surface area contributed by atoms with Gasteiger partial charge in [-0.25, -0.2) is 4.79 Å². The van der Waals surface area contributed by atoms with Gasteiger partial charge in [-0.2, -0.15) is 5.26 Å². The molecule has 0 amide bonds. The molecule has 0 atom stereocenters. The van der Waals surface area contributed by atoms with Gasteiger partial charge in [0.15, 0.2) is 11.5 Å². The van der Waals surface area contributed by atoms with Gasteiger partial charge in [-0.1, -0.05) is 6.07 Å². The molecule has 3 aromatic rings. The number of benzene rings is 1. The van der Waals surface area contributed by atoms with Crippen LogP contribution in [0.3, 0.4) is 0 Å². The lowest BCUT2D eigenvalue weighted by atomic mass is 9.95. The molecule has 4 rings (SSSR count). The third kappa shape index (κ3) is 2.19. The number of esters is 1. The number of rotatable bonds is 2. The second-order valence-corrected chi connectivity index (χ2v) is 6.26. The van der Waals surface area contributed by atoms with E-state index in [1.807, 2.05) is 24.3 Å². The number of aryl methyl sites for hydroxylation is 1. The molecular weight excluding hydrogens is 332 g/mol. The molecule has 130 valence electrons. The summed E-state index contributed by atoms with van der Waals surface area (Å²) < 4.78 is 6.35. The maximum atomic E-state index is 12.1. The highest BCUT2D eigenvalue weighted by atomic mass is 16.5. The number of nitrogens with one attached hydrogen (secondary N) is 1. The molecule has 0 bridgehead atoms. The number of Topliss-reactive ketones (excluding diaryl/α,β-unsaturated/α-hetero) is 1. The van der Waals surface area contributed by atoms with Crippen molar-refractivity contribution in [1.82, 2.24) is 9.55 Å². The van der Waals surface area contributed by atoms with E-state index in [-0.39, 0.29) is 22.7 Å². The Morgan fingerprint density at radius 1 is 1.38 bits per heavy atom. The first kappa shape index (κ1) is 16.0. The standard InChI is InChI=1S/C19H16N4O3/c1-26-19(25)18-16(21)10(8-20)9-23(18)11-5-6-12-13-3-2-4-15(24)17(13)22-14(12)7-11/h5-7,9,22H,2-4,21H2,1H3. The summed E-state index contributed by atoms with van der Waals surface area (Å²) in [5.41, 5.74) is 9.50. The molecule has 7 nitrogen and oxygen atoms in total. The van der Waals surface area contributed by atoms with Crippen LogP contribution in [0, 0.1) is 11.3 Å². The first-order valence-corrected chi connectivity index (χ1v) is 8.22. The largest absolute Gasteiger partial charge is 0.464 e. The number of carbonyl (C=O) groups is 2. The predicted octanol–water partition coefficient (Wildman–Crippen LogP) is 2.72. The Morgan fingerprint density at radius 2 is 2.19 bits per heavy atom. The first-order valence-electron chi connectivity index (χ1n) is 8.22. The van der Waals surface area contributed by atoms with E-state index in [9.17, 15) is 14.9 Å². The SMILES string of the molecule is COC(=O)c1c(N)c(C#N)cn1-c1ccc2c3c([nH]c2c1)C(=O)CCC3. The maximum Gasteiger partial charge on any atom is 0.357 e. The van der Waals surface area contributed by atoms with E-state index in [0.29, 0.717) is 17.8 Å². The van der Waals surface area contributed by atoms with E-state index >= 15 is 0 Å². The maximum absolute atomic E-state index is 12.1. The Bertz CT molecular complexity index is 1110. The van der Waals surface area contributed by atoms with Crippen LogP contribution < -0.4 is 5.73 Å². The van der Waals surface area contributed by atoms with Crippen LogP contribution in [0.2, 0.25) is 0 Å². The molecule has 7 heteroatoms. The van der Waals surface area contributed by atoms with E-state index < -0.39 is 5.97 Å². The van der Waals surface area contributed by atoms with Gasteiger partial charge in [-0.15, -0.1) is 0 Å². The number of anilines is 1. The third-order valence-electron chi connectivity index (χ3n) is 4.82. The van der Waals surface area contributed by atoms with Crippen molar-refractivity contribution in [3.63, 3.8) is 0 Å². The van der Waals surface area contributed by atoms with Crippen molar-refractivity contribution in [1.29, 1.82) is 5.26 Å². The van der Waals surface area contributed by atoms with Crippen molar-refractivity contribution < 1.29 is 14.3 Å². The highest BCUT2D eigenvalue weighted by molar-refractivity contribution is 6.03. The van der Waals surface area contributed by atoms with Gasteiger partial charge in [-0.3, -0.25) is 4.79 Å². The van der Waals surface area contributed by atoms with Gasteiger partial charge in [-0.05, 0) is 30.5 Å². The first-order chi connectivity index (χ1) is 12.5. The van der Waals surface area contributed by atoms with Crippen LogP contribution in [0.25, 0.3) is 16.6 Å². The molecule has 0 radical (unpaired) electrons.